The molecule has 0 aliphatic carbocycles. The first-order valence-corrected chi connectivity index (χ1v) is 14.0. The lowest BCUT2D eigenvalue weighted by atomic mass is 10.1. The summed E-state index contributed by atoms with van der Waals surface area (Å²) in [7, 11) is -4.75. The molecule has 8 nitrogen and oxygen atoms in total. The van der Waals surface area contributed by atoms with Crippen molar-refractivity contribution in [3.8, 4) is 11.5 Å². The van der Waals surface area contributed by atoms with Crippen molar-refractivity contribution in [2.45, 2.75) is 22.9 Å². The summed E-state index contributed by atoms with van der Waals surface area (Å²) in [6.45, 7) is 0.147. The molecule has 4 aromatic rings. The normalized spacial score (nSPS) is 11.9. The van der Waals surface area contributed by atoms with E-state index in [-0.39, 0.29) is 22.9 Å². The zero-order valence-corrected chi connectivity index (χ0v) is 21.4. The van der Waals surface area contributed by atoms with Crippen LogP contribution in [0.2, 0.25) is 0 Å². The third-order valence-corrected chi connectivity index (χ3v) is 8.59. The van der Waals surface area contributed by atoms with Crippen LogP contribution in [0.1, 0.15) is 11.1 Å². The Balaban J connectivity index is 1.59. The van der Waals surface area contributed by atoms with E-state index in [1.54, 1.807) is 74.9 Å². The van der Waals surface area contributed by atoms with Crippen LogP contribution in [0.4, 0.5) is 0 Å². The lowest BCUT2D eigenvalue weighted by molar-refractivity contribution is 0.414. The van der Waals surface area contributed by atoms with Crippen LogP contribution in [-0.2, 0) is 33.1 Å². The minimum absolute atomic E-state index is 0.000663. The van der Waals surface area contributed by atoms with Crippen LogP contribution in [0.3, 0.4) is 0 Å². The van der Waals surface area contributed by atoms with E-state index < -0.39 is 20.0 Å². The number of hydrogen-bond donors (Lipinski definition) is 2. The third kappa shape index (κ3) is 5.68. The lowest BCUT2D eigenvalue weighted by Crippen LogP contribution is -2.24. The molecule has 0 aromatic heterocycles. The molecule has 0 amide bonds. The molecule has 4 aromatic carbocycles. The summed E-state index contributed by atoms with van der Waals surface area (Å²) in [5.41, 5.74) is 1.51. The summed E-state index contributed by atoms with van der Waals surface area (Å²) in [4.78, 5) is 0.00133. The Hall–Kier alpha value is -3.44. The molecule has 0 aliphatic heterocycles. The predicted octanol–water partition coefficient (Wildman–Crippen LogP) is 3.81. The topological polar surface area (TPSA) is 111 Å². The fourth-order valence-corrected chi connectivity index (χ4v) is 6.19. The number of ether oxygens (including phenoxy) is 2. The van der Waals surface area contributed by atoms with Gasteiger partial charge in [-0.15, -0.1) is 0 Å². The molecule has 36 heavy (non-hydrogen) atoms. The molecule has 0 saturated heterocycles. The average Bonchev–Trinajstić information content (AvgIpc) is 2.90. The van der Waals surface area contributed by atoms with E-state index in [4.69, 9.17) is 9.47 Å². The van der Waals surface area contributed by atoms with Gasteiger partial charge >= 0.3 is 0 Å². The fourth-order valence-electron chi connectivity index (χ4n) is 3.72. The van der Waals surface area contributed by atoms with Gasteiger partial charge in [0.2, 0.25) is 20.0 Å². The maximum atomic E-state index is 13.2. The first-order valence-electron chi connectivity index (χ1n) is 11.0. The Bertz CT molecular complexity index is 1450. The van der Waals surface area contributed by atoms with Crippen LogP contribution >= 0.6 is 0 Å². The van der Waals surface area contributed by atoms with Crippen molar-refractivity contribution in [3.63, 3.8) is 0 Å². The molecule has 0 unspecified atom stereocenters. The van der Waals surface area contributed by atoms with Gasteiger partial charge in [-0.1, -0.05) is 48.5 Å². The van der Waals surface area contributed by atoms with Crippen molar-refractivity contribution >= 4 is 30.8 Å². The third-order valence-electron chi connectivity index (χ3n) is 5.67. The van der Waals surface area contributed by atoms with Gasteiger partial charge in [-0.25, -0.2) is 26.3 Å². The Morgan fingerprint density at radius 2 is 0.917 bits per heavy atom. The van der Waals surface area contributed by atoms with Gasteiger partial charge in [-0.2, -0.15) is 0 Å². The zero-order chi connectivity index (χ0) is 25.8. The molecular formula is C26H26N2O6S2. The fraction of sp³-hybridized carbons (Fsp3) is 0.154. The standard InChI is InChI=1S/C26H26N2O6S2/c1-33-21-13-9-19(10-14-21)17-27-35(29,30)25-7-3-6-24-23(25)5-4-8-26(24)36(31,32)28-18-20-11-15-22(34-2)16-12-20/h3-16,27-28H,17-18H2,1-2H3. The van der Waals surface area contributed by atoms with Crippen molar-refractivity contribution in [1.82, 2.24) is 9.44 Å². The van der Waals surface area contributed by atoms with Gasteiger partial charge < -0.3 is 9.47 Å². The highest BCUT2D eigenvalue weighted by Crippen LogP contribution is 2.28. The van der Waals surface area contributed by atoms with Crippen molar-refractivity contribution in [3.05, 3.63) is 96.1 Å². The largest absolute Gasteiger partial charge is 0.497 e. The molecule has 0 saturated carbocycles. The minimum Gasteiger partial charge on any atom is -0.497 e. The summed E-state index contributed by atoms with van der Waals surface area (Å²) in [6.07, 6.45) is 0. The number of nitrogens with one attached hydrogen (secondary N) is 2. The van der Waals surface area contributed by atoms with E-state index >= 15 is 0 Å². The number of methoxy groups -OCH3 is 2. The van der Waals surface area contributed by atoms with Gasteiger partial charge in [-0.05, 0) is 47.5 Å². The molecule has 10 heteroatoms. The Morgan fingerprint density at radius 3 is 1.25 bits per heavy atom. The van der Waals surface area contributed by atoms with Gasteiger partial charge in [0.05, 0.1) is 24.0 Å². The number of sulfonamides is 2. The number of hydrogen-bond acceptors (Lipinski definition) is 6. The van der Waals surface area contributed by atoms with E-state index in [2.05, 4.69) is 9.44 Å². The summed E-state index contributed by atoms with van der Waals surface area (Å²) in [5.74, 6) is 1.34. The molecule has 0 heterocycles. The molecule has 0 fully saturated rings. The highest BCUT2D eigenvalue weighted by atomic mass is 32.2. The van der Waals surface area contributed by atoms with Crippen LogP contribution in [0.15, 0.2) is 94.7 Å². The van der Waals surface area contributed by atoms with Crippen molar-refractivity contribution in [1.29, 1.82) is 0 Å². The second kappa shape index (κ2) is 10.7. The summed E-state index contributed by atoms with van der Waals surface area (Å²) in [6, 6.07) is 23.2. The van der Waals surface area contributed by atoms with Crippen LogP contribution < -0.4 is 18.9 Å². The molecule has 2 N–H and O–H groups in total. The van der Waals surface area contributed by atoms with Crippen LogP contribution in [0, 0.1) is 0 Å². The van der Waals surface area contributed by atoms with Gasteiger partial charge in [0.1, 0.15) is 11.5 Å². The quantitative estimate of drug-likeness (QED) is 0.325. The van der Waals surface area contributed by atoms with E-state index in [0.717, 1.165) is 11.1 Å². The van der Waals surface area contributed by atoms with Gasteiger partial charge in [0, 0.05) is 23.9 Å². The second-order valence-corrected chi connectivity index (χ2v) is 11.4. The monoisotopic (exact) mass is 526 g/mol. The number of rotatable bonds is 10. The Labute approximate surface area is 211 Å². The van der Waals surface area contributed by atoms with Gasteiger partial charge in [-0.3, -0.25) is 0 Å². The Kier molecular flexibility index (Phi) is 7.60. The number of fused-ring (bicyclic) bond motifs is 1. The summed E-state index contributed by atoms with van der Waals surface area (Å²) < 4.78 is 68.1. The highest BCUT2D eigenvalue weighted by Gasteiger charge is 2.22. The SMILES string of the molecule is COc1ccc(CNS(=O)(=O)c2cccc3c(S(=O)(=O)NCc4ccc(OC)cc4)cccc23)cc1. The van der Waals surface area contributed by atoms with Crippen LogP contribution in [-0.4, -0.2) is 31.1 Å². The molecule has 4 rings (SSSR count). The van der Waals surface area contributed by atoms with Crippen molar-refractivity contribution < 1.29 is 26.3 Å². The molecule has 0 radical (unpaired) electrons. The summed E-state index contributed by atoms with van der Waals surface area (Å²) >= 11 is 0. The van der Waals surface area contributed by atoms with Crippen LogP contribution in [0.25, 0.3) is 10.8 Å². The predicted molar refractivity (Wildman–Crippen MR) is 138 cm³/mol. The molecule has 188 valence electrons. The van der Waals surface area contributed by atoms with Gasteiger partial charge in [0.15, 0.2) is 0 Å². The van der Waals surface area contributed by atoms with E-state index in [1.165, 1.54) is 24.3 Å². The van der Waals surface area contributed by atoms with E-state index in [9.17, 15) is 16.8 Å². The molecule has 0 bridgehead atoms. The van der Waals surface area contributed by atoms with E-state index in [0.29, 0.717) is 22.3 Å². The number of benzene rings is 4. The van der Waals surface area contributed by atoms with Crippen LogP contribution in [0.5, 0.6) is 11.5 Å². The lowest BCUT2D eigenvalue weighted by Gasteiger charge is -2.13. The molecule has 0 spiro atoms. The highest BCUT2D eigenvalue weighted by molar-refractivity contribution is 7.90. The molecule has 0 atom stereocenters. The average molecular weight is 527 g/mol. The first kappa shape index (κ1) is 25.6. The van der Waals surface area contributed by atoms with Crippen molar-refractivity contribution in [2.24, 2.45) is 0 Å². The van der Waals surface area contributed by atoms with Gasteiger partial charge in [0.25, 0.3) is 0 Å². The maximum absolute atomic E-state index is 13.2. The summed E-state index contributed by atoms with van der Waals surface area (Å²) in [5, 5.41) is 0.624. The molecular weight excluding hydrogens is 500 g/mol. The minimum atomic E-state index is -3.93. The molecule has 0 aliphatic rings. The zero-order valence-electron chi connectivity index (χ0n) is 19.8. The second-order valence-electron chi connectivity index (χ2n) is 7.95. The first-order chi connectivity index (χ1) is 17.2. The van der Waals surface area contributed by atoms with Crippen molar-refractivity contribution in [2.75, 3.05) is 14.2 Å². The Morgan fingerprint density at radius 1 is 0.556 bits per heavy atom. The maximum Gasteiger partial charge on any atom is 0.241 e. The van der Waals surface area contributed by atoms with E-state index in [1.807, 2.05) is 0 Å². The smallest absolute Gasteiger partial charge is 0.241 e.